The number of benzene rings is 2. The highest BCUT2D eigenvalue weighted by Gasteiger charge is 2.13. The number of carbonyl (C=O) groups is 1. The number of halogens is 1. The number of ether oxygens (including phenoxy) is 2. The maximum absolute atomic E-state index is 12.2. The summed E-state index contributed by atoms with van der Waals surface area (Å²) in [6, 6.07) is 12.9. The molecule has 0 bridgehead atoms. The molecule has 0 atom stereocenters. The summed E-state index contributed by atoms with van der Waals surface area (Å²) >= 11 is 8.84. The molecule has 1 aromatic heterocycles. The van der Waals surface area contributed by atoms with Crippen LogP contribution >= 0.6 is 34.7 Å². The van der Waals surface area contributed by atoms with E-state index in [4.69, 9.17) is 21.1 Å². The van der Waals surface area contributed by atoms with Crippen molar-refractivity contribution in [1.29, 1.82) is 0 Å². The molecule has 138 valence electrons. The molecule has 0 saturated heterocycles. The predicted octanol–water partition coefficient (Wildman–Crippen LogP) is 4.97. The number of anilines is 1. The van der Waals surface area contributed by atoms with Gasteiger partial charge in [0, 0.05) is 27.7 Å². The highest BCUT2D eigenvalue weighted by Crippen LogP contribution is 2.33. The number of rotatable bonds is 5. The Morgan fingerprint density at radius 3 is 2.74 bits per heavy atom. The van der Waals surface area contributed by atoms with Crippen LogP contribution in [0.15, 0.2) is 52.2 Å². The third-order valence-electron chi connectivity index (χ3n) is 3.78. The van der Waals surface area contributed by atoms with Crippen LogP contribution in [0.25, 0.3) is 11.3 Å². The second-order valence-corrected chi connectivity index (χ2v) is 8.22. The fourth-order valence-corrected chi connectivity index (χ4v) is 4.28. The molecule has 27 heavy (non-hydrogen) atoms. The summed E-state index contributed by atoms with van der Waals surface area (Å²) in [5.74, 6) is 1.53. The van der Waals surface area contributed by atoms with Crippen molar-refractivity contribution in [1.82, 2.24) is 4.98 Å². The van der Waals surface area contributed by atoms with Crippen LogP contribution in [0.2, 0.25) is 5.02 Å². The zero-order valence-electron chi connectivity index (χ0n) is 14.1. The predicted molar refractivity (Wildman–Crippen MR) is 109 cm³/mol. The zero-order chi connectivity index (χ0) is 18.6. The summed E-state index contributed by atoms with van der Waals surface area (Å²) in [5, 5.41) is 5.54. The Hall–Kier alpha value is -2.22. The van der Waals surface area contributed by atoms with Crippen molar-refractivity contribution in [2.45, 2.75) is 4.34 Å². The normalized spacial score (nSPS) is 12.6. The van der Waals surface area contributed by atoms with E-state index in [1.54, 1.807) is 18.2 Å². The van der Waals surface area contributed by atoms with Crippen LogP contribution in [-0.4, -0.2) is 29.9 Å². The van der Waals surface area contributed by atoms with Crippen LogP contribution < -0.4 is 14.8 Å². The number of nitrogens with one attached hydrogen (secondary N) is 1. The van der Waals surface area contributed by atoms with E-state index in [0.29, 0.717) is 35.4 Å². The average Bonchev–Trinajstić information content (AvgIpc) is 3.16. The van der Waals surface area contributed by atoms with Crippen LogP contribution in [0.5, 0.6) is 11.5 Å². The molecular weight excluding hydrogens is 404 g/mol. The van der Waals surface area contributed by atoms with Crippen LogP contribution in [0.4, 0.5) is 5.69 Å². The lowest BCUT2D eigenvalue weighted by Crippen LogP contribution is -2.17. The van der Waals surface area contributed by atoms with Gasteiger partial charge >= 0.3 is 0 Å². The van der Waals surface area contributed by atoms with Crippen molar-refractivity contribution < 1.29 is 14.3 Å². The Balaban J connectivity index is 1.34. The quantitative estimate of drug-likeness (QED) is 0.593. The standard InChI is InChI=1S/C19H15ClN2O3S2/c20-13-3-1-12(2-4-13)15-10-26-19(22-15)27-11-18(23)21-14-5-6-16-17(9-14)25-8-7-24-16/h1-6,9-10H,7-8,11H2,(H,21,23). The molecule has 3 aromatic rings. The van der Waals surface area contributed by atoms with E-state index >= 15 is 0 Å². The largest absolute Gasteiger partial charge is 0.486 e. The van der Waals surface area contributed by atoms with E-state index in [1.165, 1.54) is 23.1 Å². The fraction of sp³-hybridized carbons (Fsp3) is 0.158. The van der Waals surface area contributed by atoms with Gasteiger partial charge in [0.25, 0.3) is 0 Å². The monoisotopic (exact) mass is 418 g/mol. The molecule has 1 N–H and O–H groups in total. The van der Waals surface area contributed by atoms with Gasteiger partial charge < -0.3 is 14.8 Å². The SMILES string of the molecule is O=C(CSc1nc(-c2ccc(Cl)cc2)cs1)Nc1ccc2c(c1)OCCO2. The Labute approximate surface area is 169 Å². The van der Waals surface area contributed by atoms with E-state index in [2.05, 4.69) is 10.3 Å². The Morgan fingerprint density at radius 2 is 1.93 bits per heavy atom. The summed E-state index contributed by atoms with van der Waals surface area (Å²) in [6.45, 7) is 1.06. The molecule has 8 heteroatoms. The van der Waals surface area contributed by atoms with Gasteiger partial charge in [-0.25, -0.2) is 4.98 Å². The molecule has 2 heterocycles. The maximum atomic E-state index is 12.2. The van der Waals surface area contributed by atoms with Crippen LogP contribution in [0.1, 0.15) is 0 Å². The van der Waals surface area contributed by atoms with Crippen LogP contribution in [-0.2, 0) is 4.79 Å². The molecular formula is C19H15ClN2O3S2. The lowest BCUT2D eigenvalue weighted by Gasteiger charge is -2.18. The summed E-state index contributed by atoms with van der Waals surface area (Å²) in [5.41, 5.74) is 2.57. The average molecular weight is 419 g/mol. The number of amides is 1. The first-order valence-corrected chi connectivity index (χ1v) is 10.5. The molecule has 2 aromatic carbocycles. The number of aromatic nitrogens is 1. The molecule has 1 aliphatic rings. The highest BCUT2D eigenvalue weighted by atomic mass is 35.5. The summed E-state index contributed by atoms with van der Waals surface area (Å²) in [4.78, 5) is 16.8. The molecule has 0 radical (unpaired) electrons. The van der Waals surface area contributed by atoms with E-state index in [-0.39, 0.29) is 11.7 Å². The number of nitrogens with zero attached hydrogens (tertiary/aromatic N) is 1. The summed E-state index contributed by atoms with van der Waals surface area (Å²) in [6.07, 6.45) is 0. The number of thioether (sulfide) groups is 1. The molecule has 4 rings (SSSR count). The zero-order valence-corrected chi connectivity index (χ0v) is 16.5. The smallest absolute Gasteiger partial charge is 0.234 e. The van der Waals surface area contributed by atoms with E-state index in [0.717, 1.165) is 15.6 Å². The second kappa shape index (κ2) is 8.21. The Kier molecular flexibility index (Phi) is 5.52. The van der Waals surface area contributed by atoms with Gasteiger partial charge in [-0.1, -0.05) is 35.5 Å². The minimum absolute atomic E-state index is 0.0973. The second-order valence-electron chi connectivity index (χ2n) is 5.70. The number of hydrogen-bond donors (Lipinski definition) is 1. The highest BCUT2D eigenvalue weighted by molar-refractivity contribution is 8.01. The van der Waals surface area contributed by atoms with E-state index < -0.39 is 0 Å². The fourth-order valence-electron chi connectivity index (χ4n) is 2.52. The first kappa shape index (κ1) is 18.2. The maximum Gasteiger partial charge on any atom is 0.234 e. The number of thiazole rings is 1. The molecule has 0 spiro atoms. The van der Waals surface area contributed by atoms with Gasteiger partial charge in [0.05, 0.1) is 11.4 Å². The van der Waals surface area contributed by atoms with Crippen molar-refractivity contribution >= 4 is 46.3 Å². The first-order valence-electron chi connectivity index (χ1n) is 8.21. The lowest BCUT2D eigenvalue weighted by molar-refractivity contribution is -0.113. The van der Waals surface area contributed by atoms with Gasteiger partial charge in [0.2, 0.25) is 5.91 Å². The molecule has 0 aliphatic carbocycles. The van der Waals surface area contributed by atoms with Gasteiger partial charge in [-0.3, -0.25) is 4.79 Å². The molecule has 0 saturated carbocycles. The Morgan fingerprint density at radius 1 is 1.15 bits per heavy atom. The van der Waals surface area contributed by atoms with Crippen molar-refractivity contribution in [3.8, 4) is 22.8 Å². The van der Waals surface area contributed by atoms with Crippen molar-refractivity contribution in [3.05, 3.63) is 52.9 Å². The molecule has 1 aliphatic heterocycles. The van der Waals surface area contributed by atoms with Crippen LogP contribution in [0.3, 0.4) is 0 Å². The lowest BCUT2D eigenvalue weighted by atomic mass is 10.2. The van der Waals surface area contributed by atoms with Gasteiger partial charge in [-0.2, -0.15) is 0 Å². The van der Waals surface area contributed by atoms with Gasteiger partial charge in [0.1, 0.15) is 13.2 Å². The van der Waals surface area contributed by atoms with Gasteiger partial charge in [-0.05, 0) is 24.3 Å². The van der Waals surface area contributed by atoms with Crippen LogP contribution in [0, 0.1) is 0 Å². The summed E-state index contributed by atoms with van der Waals surface area (Å²) in [7, 11) is 0. The third-order valence-corrected chi connectivity index (χ3v) is 6.05. The molecule has 5 nitrogen and oxygen atoms in total. The third kappa shape index (κ3) is 4.55. The van der Waals surface area contributed by atoms with E-state index in [1.807, 2.05) is 29.6 Å². The van der Waals surface area contributed by atoms with Crippen molar-refractivity contribution in [2.75, 3.05) is 24.3 Å². The Bertz CT molecular complexity index is 960. The molecule has 0 unspecified atom stereocenters. The first-order chi connectivity index (χ1) is 13.2. The number of fused-ring (bicyclic) bond motifs is 1. The molecule has 0 fully saturated rings. The van der Waals surface area contributed by atoms with Gasteiger partial charge in [0.15, 0.2) is 15.8 Å². The topological polar surface area (TPSA) is 60.5 Å². The van der Waals surface area contributed by atoms with Gasteiger partial charge in [-0.15, -0.1) is 11.3 Å². The summed E-state index contributed by atoms with van der Waals surface area (Å²) < 4.78 is 11.9. The number of hydrogen-bond acceptors (Lipinski definition) is 6. The minimum Gasteiger partial charge on any atom is -0.486 e. The van der Waals surface area contributed by atoms with Crippen molar-refractivity contribution in [2.24, 2.45) is 0 Å². The van der Waals surface area contributed by atoms with E-state index in [9.17, 15) is 4.79 Å². The number of carbonyl (C=O) groups excluding carboxylic acids is 1. The minimum atomic E-state index is -0.0973. The molecule has 1 amide bonds. The van der Waals surface area contributed by atoms with Crippen molar-refractivity contribution in [3.63, 3.8) is 0 Å².